The molecule has 1 heterocycles. The first kappa shape index (κ1) is 27.4. The lowest BCUT2D eigenvalue weighted by Gasteiger charge is -2.30. The van der Waals surface area contributed by atoms with E-state index in [1.54, 1.807) is 0 Å². The van der Waals surface area contributed by atoms with Gasteiger partial charge in [0.2, 0.25) is 0 Å². The number of hydrogen-bond acceptors (Lipinski definition) is 6. The van der Waals surface area contributed by atoms with Crippen LogP contribution in [0.5, 0.6) is 0 Å². The van der Waals surface area contributed by atoms with Crippen LogP contribution in [0.3, 0.4) is 0 Å². The summed E-state index contributed by atoms with van der Waals surface area (Å²) in [4.78, 5) is 29.0. The highest BCUT2D eigenvalue weighted by Gasteiger charge is 2.44. The Hall–Kier alpha value is -4.17. The van der Waals surface area contributed by atoms with Gasteiger partial charge in [-0.1, -0.05) is 35.9 Å². The van der Waals surface area contributed by atoms with E-state index in [2.05, 4.69) is 35.2 Å². The van der Waals surface area contributed by atoms with Gasteiger partial charge in [0.1, 0.15) is 5.02 Å². The molecule has 3 aromatic carbocycles. The van der Waals surface area contributed by atoms with Crippen LogP contribution in [0.1, 0.15) is 46.8 Å². The Morgan fingerprint density at radius 1 is 1.00 bits per heavy atom. The zero-order valence-electron chi connectivity index (χ0n) is 23.0. The maximum Gasteiger partial charge on any atom is 0.288 e. The van der Waals surface area contributed by atoms with Gasteiger partial charge in [-0.2, -0.15) is 5.10 Å². The Bertz CT molecular complexity index is 1500. The van der Waals surface area contributed by atoms with E-state index in [9.17, 15) is 14.9 Å². The van der Waals surface area contributed by atoms with Gasteiger partial charge >= 0.3 is 0 Å². The van der Waals surface area contributed by atoms with Gasteiger partial charge in [-0.05, 0) is 78.4 Å². The second-order valence-electron chi connectivity index (χ2n) is 10.6. The molecule has 2 atom stereocenters. The fourth-order valence-corrected chi connectivity index (χ4v) is 5.65. The van der Waals surface area contributed by atoms with E-state index in [1.807, 2.05) is 57.4 Å². The summed E-state index contributed by atoms with van der Waals surface area (Å²) >= 11 is 6.03. The maximum atomic E-state index is 13.9. The van der Waals surface area contributed by atoms with Crippen LogP contribution in [-0.2, 0) is 0 Å². The molecule has 0 bridgehead atoms. The molecule has 1 aliphatic carbocycles. The van der Waals surface area contributed by atoms with Gasteiger partial charge in [0.25, 0.3) is 11.6 Å². The third kappa shape index (κ3) is 5.31. The molecule has 1 aliphatic heterocycles. The number of nitro groups is 1. The normalized spacial score (nSPS) is 19.3. The summed E-state index contributed by atoms with van der Waals surface area (Å²) < 4.78 is 0. The molecule has 1 saturated carbocycles. The van der Waals surface area contributed by atoms with Crippen LogP contribution in [0.4, 0.5) is 17.1 Å². The molecular weight excluding hydrogens is 526 g/mol. The first-order valence-corrected chi connectivity index (χ1v) is 13.6. The van der Waals surface area contributed by atoms with Gasteiger partial charge in [-0.25, -0.2) is 5.01 Å². The number of fused-ring (bicyclic) bond motifs is 1. The molecule has 2 aliphatic rings. The number of nitro benzene ring substituents is 1. The Kier molecular flexibility index (Phi) is 7.63. The SMILES string of the molecule is CN(C)c1ccc(/C=C2\CCC[C@@H]3C2=NN(C(=O)c2ccc(Cl)c([N+](=O)[O-])c2)[C@H]3c2ccc(N(C)C)cc2)cc1. The quantitative estimate of drug-likeness (QED) is 0.245. The van der Waals surface area contributed by atoms with Crippen molar-refractivity contribution in [1.82, 2.24) is 5.01 Å². The summed E-state index contributed by atoms with van der Waals surface area (Å²) in [6.07, 6.45) is 4.90. The number of allylic oxidation sites excluding steroid dienone is 1. The zero-order valence-corrected chi connectivity index (χ0v) is 23.8. The van der Waals surface area contributed by atoms with E-state index in [0.717, 1.165) is 53.0 Å². The third-order valence-corrected chi connectivity index (χ3v) is 7.92. The second kappa shape index (κ2) is 11.1. The number of halogens is 1. The van der Waals surface area contributed by atoms with Crippen LogP contribution in [0, 0.1) is 16.0 Å². The van der Waals surface area contributed by atoms with Crippen LogP contribution in [0.15, 0.2) is 77.4 Å². The fourth-order valence-electron chi connectivity index (χ4n) is 5.46. The standard InChI is InChI=1S/C31H32ClN5O3/c1-34(2)24-13-8-20(9-14-24)18-22-6-5-7-26-29(22)33-36(30(26)21-10-15-25(16-11-21)35(3)4)31(38)23-12-17-27(32)28(19-23)37(39)40/h8-19,26,30H,5-7H2,1-4H3/b22-18+/t26-,30+/m1/s1. The molecule has 9 heteroatoms. The summed E-state index contributed by atoms with van der Waals surface area (Å²) in [6, 6.07) is 20.3. The molecule has 40 heavy (non-hydrogen) atoms. The largest absolute Gasteiger partial charge is 0.378 e. The molecule has 1 amide bonds. The van der Waals surface area contributed by atoms with Gasteiger partial charge in [-0.3, -0.25) is 14.9 Å². The lowest BCUT2D eigenvalue weighted by atomic mass is 9.77. The van der Waals surface area contributed by atoms with Gasteiger partial charge < -0.3 is 9.80 Å². The minimum Gasteiger partial charge on any atom is -0.378 e. The zero-order chi connectivity index (χ0) is 28.6. The number of nitrogens with zero attached hydrogens (tertiary/aromatic N) is 5. The predicted molar refractivity (Wildman–Crippen MR) is 161 cm³/mol. The van der Waals surface area contributed by atoms with Gasteiger partial charge in [0, 0.05) is 57.1 Å². The molecule has 0 N–H and O–H groups in total. The molecule has 0 saturated heterocycles. The Morgan fingerprint density at radius 3 is 2.23 bits per heavy atom. The van der Waals surface area contributed by atoms with E-state index in [0.29, 0.717) is 0 Å². The number of carbonyl (C=O) groups is 1. The number of amides is 1. The number of hydrogen-bond donors (Lipinski definition) is 0. The van der Waals surface area contributed by atoms with Crippen LogP contribution in [-0.4, -0.2) is 49.7 Å². The highest BCUT2D eigenvalue weighted by molar-refractivity contribution is 6.32. The molecule has 0 unspecified atom stereocenters. The second-order valence-corrected chi connectivity index (χ2v) is 11.1. The van der Waals surface area contributed by atoms with E-state index in [-0.39, 0.29) is 28.2 Å². The monoisotopic (exact) mass is 557 g/mol. The minimum absolute atomic E-state index is 0.00992. The van der Waals surface area contributed by atoms with Crippen LogP contribution in [0.25, 0.3) is 6.08 Å². The van der Waals surface area contributed by atoms with Gasteiger partial charge in [0.15, 0.2) is 0 Å². The van der Waals surface area contributed by atoms with Gasteiger partial charge in [-0.15, -0.1) is 0 Å². The summed E-state index contributed by atoms with van der Waals surface area (Å²) in [6.45, 7) is 0. The van der Waals surface area contributed by atoms with E-state index in [4.69, 9.17) is 16.7 Å². The molecule has 8 nitrogen and oxygen atoms in total. The summed E-state index contributed by atoms with van der Waals surface area (Å²) in [5, 5.41) is 18.0. The highest BCUT2D eigenvalue weighted by atomic mass is 35.5. The fraction of sp³-hybridized carbons (Fsp3) is 0.290. The average molecular weight is 558 g/mol. The molecule has 3 aromatic rings. The molecule has 5 rings (SSSR count). The van der Waals surface area contributed by atoms with Crippen molar-refractivity contribution < 1.29 is 9.72 Å². The third-order valence-electron chi connectivity index (χ3n) is 7.60. The van der Waals surface area contributed by atoms with Crippen molar-refractivity contribution in [2.45, 2.75) is 25.3 Å². The number of rotatable bonds is 6. The van der Waals surface area contributed by atoms with Crippen LogP contribution < -0.4 is 9.80 Å². The number of carbonyl (C=O) groups excluding carboxylic acids is 1. The van der Waals surface area contributed by atoms with Crippen molar-refractivity contribution in [1.29, 1.82) is 0 Å². The smallest absolute Gasteiger partial charge is 0.288 e. The first-order chi connectivity index (χ1) is 19.1. The van der Waals surface area contributed by atoms with E-state index >= 15 is 0 Å². The van der Waals surface area contributed by atoms with Crippen molar-refractivity contribution in [2.24, 2.45) is 11.0 Å². The van der Waals surface area contributed by atoms with E-state index < -0.39 is 10.8 Å². The van der Waals surface area contributed by atoms with Crippen molar-refractivity contribution in [3.8, 4) is 0 Å². The number of benzene rings is 3. The summed E-state index contributed by atoms with van der Waals surface area (Å²) in [7, 11) is 7.99. The van der Waals surface area contributed by atoms with Crippen LogP contribution in [0.2, 0.25) is 5.02 Å². The van der Waals surface area contributed by atoms with Crippen molar-refractivity contribution in [2.75, 3.05) is 38.0 Å². The van der Waals surface area contributed by atoms with Gasteiger partial charge in [0.05, 0.1) is 16.7 Å². The molecule has 0 radical (unpaired) electrons. The number of anilines is 2. The minimum atomic E-state index is -0.575. The lowest BCUT2D eigenvalue weighted by molar-refractivity contribution is -0.384. The highest BCUT2D eigenvalue weighted by Crippen LogP contribution is 2.45. The lowest BCUT2D eigenvalue weighted by Crippen LogP contribution is -2.32. The Labute approximate surface area is 239 Å². The first-order valence-electron chi connectivity index (χ1n) is 13.3. The van der Waals surface area contributed by atoms with Crippen molar-refractivity contribution >= 4 is 46.4 Å². The average Bonchev–Trinajstić information content (AvgIpc) is 3.33. The topological polar surface area (TPSA) is 82.3 Å². The van der Waals surface area contributed by atoms with Crippen molar-refractivity contribution in [3.05, 3.63) is 104 Å². The predicted octanol–water partition coefficient (Wildman–Crippen LogP) is 6.82. The summed E-state index contributed by atoms with van der Waals surface area (Å²) in [5.74, 6) is -0.379. The molecule has 1 fully saturated rings. The molecule has 0 aromatic heterocycles. The molecular formula is C31H32ClN5O3. The molecule has 206 valence electrons. The number of hydrazone groups is 1. The maximum absolute atomic E-state index is 13.9. The van der Waals surface area contributed by atoms with Crippen LogP contribution >= 0.6 is 11.6 Å². The Balaban J connectivity index is 1.57. The van der Waals surface area contributed by atoms with Crippen molar-refractivity contribution in [3.63, 3.8) is 0 Å². The van der Waals surface area contributed by atoms with E-state index in [1.165, 1.54) is 23.2 Å². The Morgan fingerprint density at radius 2 is 1.62 bits per heavy atom. The summed E-state index contributed by atoms with van der Waals surface area (Å²) in [5.41, 5.74) is 6.12. The molecule has 0 spiro atoms.